The second-order valence-corrected chi connectivity index (χ2v) is 14.9. The predicted molar refractivity (Wildman–Crippen MR) is 133 cm³/mol. The zero-order valence-corrected chi connectivity index (χ0v) is 22.5. The molecule has 4 heteroatoms. The van der Waals surface area contributed by atoms with Crippen LogP contribution in [0.3, 0.4) is 0 Å². The summed E-state index contributed by atoms with van der Waals surface area (Å²) in [7, 11) is 0. The summed E-state index contributed by atoms with van der Waals surface area (Å²) in [5.74, 6) is 0.0603. The molecule has 4 saturated carbocycles. The average Bonchev–Trinajstić information content (AvgIpc) is 2.73. The molecule has 0 heterocycles. The van der Waals surface area contributed by atoms with Gasteiger partial charge in [-0.3, -0.25) is 9.59 Å². The van der Waals surface area contributed by atoms with E-state index in [0.717, 1.165) is 51.4 Å². The van der Waals surface area contributed by atoms with Crippen molar-refractivity contribution in [1.29, 1.82) is 0 Å². The molecule has 0 unspecified atom stereocenters. The highest BCUT2D eigenvalue weighted by molar-refractivity contribution is 5.95. The average molecular weight is 471 g/mol. The maximum Gasteiger partial charge on any atom is 0.309 e. The number of rotatable bonds is 1. The second kappa shape index (κ2) is 6.99. The van der Waals surface area contributed by atoms with Crippen LogP contribution in [0.25, 0.3) is 0 Å². The molecule has 5 rings (SSSR count). The minimum absolute atomic E-state index is 0.0296. The van der Waals surface area contributed by atoms with Crippen LogP contribution in [0.5, 0.6) is 0 Å². The van der Waals surface area contributed by atoms with Crippen molar-refractivity contribution < 1.29 is 19.8 Å². The molecular formula is C30H46O4. The quantitative estimate of drug-likeness (QED) is 0.464. The van der Waals surface area contributed by atoms with Gasteiger partial charge >= 0.3 is 5.97 Å². The third-order valence-electron chi connectivity index (χ3n) is 13.1. The first kappa shape index (κ1) is 24.5. The molecule has 0 saturated heterocycles. The summed E-state index contributed by atoms with van der Waals surface area (Å²) >= 11 is 0. The Morgan fingerprint density at radius 1 is 0.912 bits per heavy atom. The van der Waals surface area contributed by atoms with Crippen LogP contribution in [0, 0.1) is 50.2 Å². The third kappa shape index (κ3) is 2.81. The number of hydrogen-bond donors (Lipinski definition) is 2. The SMILES string of the molecule is CC1(C)[C@H]2CC[C@@]3(C)[C@H](C(=O)C=C4[C@@H]5C[C@](C)(C(=O)O)CC[C@@]5(C)CC[C@]43C)[C@]2(C)CC[C@@H]1O. The van der Waals surface area contributed by atoms with Gasteiger partial charge in [-0.05, 0) is 110 Å². The number of aliphatic hydroxyl groups is 1. The molecule has 0 aliphatic heterocycles. The molecule has 190 valence electrons. The Morgan fingerprint density at radius 3 is 2.21 bits per heavy atom. The van der Waals surface area contributed by atoms with E-state index >= 15 is 0 Å². The maximum atomic E-state index is 14.2. The molecule has 0 aromatic heterocycles. The Kier molecular flexibility index (Phi) is 5.04. The van der Waals surface area contributed by atoms with Crippen LogP contribution in [0.2, 0.25) is 0 Å². The van der Waals surface area contributed by atoms with Crippen LogP contribution in [0.15, 0.2) is 11.6 Å². The molecular weight excluding hydrogens is 424 g/mol. The van der Waals surface area contributed by atoms with Gasteiger partial charge in [-0.1, -0.05) is 47.1 Å². The van der Waals surface area contributed by atoms with Crippen molar-refractivity contribution in [3.63, 3.8) is 0 Å². The molecule has 0 radical (unpaired) electrons. The molecule has 9 atom stereocenters. The van der Waals surface area contributed by atoms with E-state index in [0.29, 0.717) is 12.3 Å². The van der Waals surface area contributed by atoms with Crippen molar-refractivity contribution >= 4 is 11.8 Å². The second-order valence-electron chi connectivity index (χ2n) is 14.9. The van der Waals surface area contributed by atoms with E-state index in [1.54, 1.807) is 0 Å². The lowest BCUT2D eigenvalue weighted by Crippen LogP contribution is -2.66. The fourth-order valence-electron chi connectivity index (χ4n) is 10.4. The van der Waals surface area contributed by atoms with Gasteiger partial charge in [0.15, 0.2) is 5.78 Å². The minimum atomic E-state index is -0.711. The summed E-state index contributed by atoms with van der Waals surface area (Å²) in [6.45, 7) is 15.8. The Bertz CT molecular complexity index is 965. The van der Waals surface area contributed by atoms with E-state index in [9.17, 15) is 19.8 Å². The number of carbonyl (C=O) groups excluding carboxylic acids is 1. The molecule has 0 spiro atoms. The molecule has 0 bridgehead atoms. The molecule has 5 aliphatic rings. The molecule has 2 N–H and O–H groups in total. The molecule has 4 fully saturated rings. The van der Waals surface area contributed by atoms with Crippen LogP contribution in [-0.2, 0) is 9.59 Å². The van der Waals surface area contributed by atoms with Gasteiger partial charge in [0.1, 0.15) is 0 Å². The summed E-state index contributed by atoms with van der Waals surface area (Å²) in [4.78, 5) is 26.4. The van der Waals surface area contributed by atoms with E-state index in [1.807, 2.05) is 13.0 Å². The van der Waals surface area contributed by atoms with Crippen molar-refractivity contribution in [2.75, 3.05) is 0 Å². The van der Waals surface area contributed by atoms with E-state index in [4.69, 9.17) is 0 Å². The van der Waals surface area contributed by atoms with Gasteiger partial charge in [0.25, 0.3) is 0 Å². The van der Waals surface area contributed by atoms with Gasteiger partial charge in [-0.25, -0.2) is 0 Å². The topological polar surface area (TPSA) is 74.6 Å². The molecule has 0 amide bonds. The minimum Gasteiger partial charge on any atom is -0.481 e. The van der Waals surface area contributed by atoms with Gasteiger partial charge in [0.2, 0.25) is 0 Å². The highest BCUT2D eigenvalue weighted by Gasteiger charge is 2.70. The lowest BCUT2D eigenvalue weighted by molar-refractivity contribution is -0.202. The number of hydrogen-bond acceptors (Lipinski definition) is 3. The van der Waals surface area contributed by atoms with Crippen LogP contribution in [0.1, 0.15) is 106 Å². The zero-order valence-electron chi connectivity index (χ0n) is 22.5. The van der Waals surface area contributed by atoms with E-state index in [-0.39, 0.29) is 50.8 Å². The smallest absolute Gasteiger partial charge is 0.309 e. The molecule has 4 nitrogen and oxygen atoms in total. The van der Waals surface area contributed by atoms with Crippen LogP contribution in [0.4, 0.5) is 0 Å². The first-order valence-corrected chi connectivity index (χ1v) is 13.7. The number of carboxylic acids is 1. The molecule has 5 aliphatic carbocycles. The monoisotopic (exact) mass is 470 g/mol. The number of carboxylic acid groups (broad SMARTS) is 1. The summed E-state index contributed by atoms with van der Waals surface area (Å²) in [6.07, 6.45) is 9.95. The van der Waals surface area contributed by atoms with Gasteiger partial charge < -0.3 is 10.2 Å². The largest absolute Gasteiger partial charge is 0.481 e. The summed E-state index contributed by atoms with van der Waals surface area (Å²) in [6, 6.07) is 0. The van der Waals surface area contributed by atoms with Crippen molar-refractivity contribution in [1.82, 2.24) is 0 Å². The molecule has 0 aromatic carbocycles. The van der Waals surface area contributed by atoms with E-state index in [2.05, 4.69) is 41.5 Å². The van der Waals surface area contributed by atoms with Gasteiger partial charge in [-0.15, -0.1) is 0 Å². The lowest BCUT2D eigenvalue weighted by Gasteiger charge is -2.70. The maximum absolute atomic E-state index is 14.2. The number of aliphatic hydroxyl groups excluding tert-OH is 1. The number of carbonyl (C=O) groups is 2. The predicted octanol–water partition coefficient (Wildman–Crippen LogP) is 6.41. The highest BCUT2D eigenvalue weighted by Crippen LogP contribution is 2.75. The zero-order chi connectivity index (χ0) is 25.1. The number of allylic oxidation sites excluding steroid dienone is 2. The normalized spacial score (nSPS) is 54.1. The number of aliphatic carboxylic acids is 1. The molecule has 0 aromatic rings. The third-order valence-corrected chi connectivity index (χ3v) is 13.1. The number of ketones is 1. The Morgan fingerprint density at radius 2 is 1.56 bits per heavy atom. The standard InChI is InChI=1S/C30H46O4/c1-25(2)21-8-11-30(7)23(28(21,5)10-9-22(25)32)20(31)16-18-19-17-27(4,24(33)34)13-12-26(19,3)14-15-29(18,30)6/h16,19,21-23,32H,8-15,17H2,1-7H3,(H,33,34)/t19-,21+,22-,23+,26-,27+,28+,29+,30-/m0/s1. The Hall–Kier alpha value is -1.16. The van der Waals surface area contributed by atoms with E-state index < -0.39 is 11.4 Å². The van der Waals surface area contributed by atoms with Gasteiger partial charge in [0.05, 0.1) is 11.5 Å². The lowest BCUT2D eigenvalue weighted by atomic mass is 9.33. The number of fused-ring (bicyclic) bond motifs is 7. The summed E-state index contributed by atoms with van der Waals surface area (Å²) < 4.78 is 0. The first-order chi connectivity index (χ1) is 15.6. The van der Waals surface area contributed by atoms with Crippen molar-refractivity contribution in [2.45, 2.75) is 112 Å². The van der Waals surface area contributed by atoms with Crippen LogP contribution in [-0.4, -0.2) is 28.1 Å². The fraction of sp³-hybridized carbons (Fsp3) is 0.867. The highest BCUT2D eigenvalue weighted by atomic mass is 16.4. The Labute approximate surface area is 206 Å². The van der Waals surface area contributed by atoms with Crippen molar-refractivity contribution in [3.8, 4) is 0 Å². The van der Waals surface area contributed by atoms with Gasteiger partial charge in [0, 0.05) is 5.92 Å². The van der Waals surface area contributed by atoms with Crippen LogP contribution < -0.4 is 0 Å². The summed E-state index contributed by atoms with van der Waals surface area (Å²) in [5.41, 5.74) is 0.142. The van der Waals surface area contributed by atoms with Crippen molar-refractivity contribution in [2.24, 2.45) is 50.2 Å². The van der Waals surface area contributed by atoms with Crippen molar-refractivity contribution in [3.05, 3.63) is 11.6 Å². The molecule has 34 heavy (non-hydrogen) atoms. The first-order valence-electron chi connectivity index (χ1n) is 13.7. The fourth-order valence-corrected chi connectivity index (χ4v) is 10.4. The van der Waals surface area contributed by atoms with Gasteiger partial charge in [-0.2, -0.15) is 0 Å². The summed E-state index contributed by atoms with van der Waals surface area (Å²) in [5, 5.41) is 20.9. The Balaban J connectivity index is 1.62. The van der Waals surface area contributed by atoms with E-state index in [1.165, 1.54) is 5.57 Å². The van der Waals surface area contributed by atoms with Crippen LogP contribution >= 0.6 is 0 Å².